The lowest BCUT2D eigenvalue weighted by Crippen LogP contribution is -2.45. The predicted octanol–water partition coefficient (Wildman–Crippen LogP) is 8.49. The van der Waals surface area contributed by atoms with Gasteiger partial charge >= 0.3 is 0 Å². The van der Waals surface area contributed by atoms with Gasteiger partial charge in [0.1, 0.15) is 0 Å². The molecule has 0 aromatic heterocycles. The summed E-state index contributed by atoms with van der Waals surface area (Å²) in [5, 5.41) is 0. The smallest absolute Gasteiger partial charge is 0.258 e. The summed E-state index contributed by atoms with van der Waals surface area (Å²) in [5.41, 5.74) is 6.56. The number of hydrogen-bond acceptors (Lipinski definition) is 1. The maximum absolute atomic E-state index is 7.35. The summed E-state index contributed by atoms with van der Waals surface area (Å²) in [7, 11) is -2.21. The lowest BCUT2D eigenvalue weighted by atomic mass is 9.74. The molecule has 0 unspecified atom stereocenters. The Bertz CT molecular complexity index is 611. The summed E-state index contributed by atoms with van der Waals surface area (Å²) in [4.78, 5) is 3.99. The molecule has 0 bridgehead atoms. The third-order valence-corrected chi connectivity index (χ3v) is 12.5. The molecule has 0 spiro atoms. The number of benzene rings is 1. The maximum atomic E-state index is 7.35. The van der Waals surface area contributed by atoms with E-state index in [-0.39, 0.29) is 16.2 Å². The van der Waals surface area contributed by atoms with Crippen molar-refractivity contribution in [1.29, 1.82) is 0 Å². The van der Waals surface area contributed by atoms with E-state index in [1.54, 1.807) is 0 Å². The molecule has 0 radical (unpaired) electrons. The van der Waals surface area contributed by atoms with Gasteiger partial charge in [-0.15, -0.1) is 11.1 Å². The highest BCUT2D eigenvalue weighted by Gasteiger charge is 2.41. The Kier molecular flexibility index (Phi) is 7.05. The number of halogens is 1. The van der Waals surface area contributed by atoms with Crippen molar-refractivity contribution in [2.24, 2.45) is 0 Å². The van der Waals surface area contributed by atoms with Crippen LogP contribution in [0.4, 0.5) is 5.69 Å². The van der Waals surface area contributed by atoms with Crippen molar-refractivity contribution in [2.75, 3.05) is 4.98 Å². The van der Waals surface area contributed by atoms with Gasteiger partial charge in [-0.1, -0.05) is 102 Å². The highest BCUT2D eigenvalue weighted by Crippen LogP contribution is 2.45. The van der Waals surface area contributed by atoms with Crippen molar-refractivity contribution < 1.29 is 0 Å². The van der Waals surface area contributed by atoms with Crippen molar-refractivity contribution in [3.8, 4) is 0 Å². The van der Waals surface area contributed by atoms with E-state index in [4.69, 9.17) is 11.1 Å². The lowest BCUT2D eigenvalue weighted by Gasteiger charge is -2.40. The van der Waals surface area contributed by atoms with Crippen LogP contribution < -0.4 is 4.98 Å². The minimum absolute atomic E-state index is 0.0454. The Balaban J connectivity index is 3.90. The Hall–Kier alpha value is -0.473. The molecule has 0 amide bonds. The minimum Gasteiger partial charge on any atom is -0.398 e. The standard InChI is InChI=1S/C24H44ClNSi/c1-16(2)27(25,17(3)4)26-21-19(23(8,9)10)14-18(22(5,6)7)15-20(21)24(11,12)13/h14-17,26H,1-13H3. The summed E-state index contributed by atoms with van der Waals surface area (Å²) >= 11 is 7.35. The van der Waals surface area contributed by atoms with Gasteiger partial charge in [-0.25, -0.2) is 0 Å². The van der Waals surface area contributed by atoms with Gasteiger partial charge in [0.25, 0.3) is 7.55 Å². The number of hydrogen-bond donors (Lipinski definition) is 1. The van der Waals surface area contributed by atoms with Crippen LogP contribution in [0, 0.1) is 0 Å². The Labute approximate surface area is 175 Å². The van der Waals surface area contributed by atoms with Gasteiger partial charge in [-0.05, 0) is 44.0 Å². The fraction of sp³-hybridized carbons (Fsp3) is 0.750. The average molecular weight is 410 g/mol. The fourth-order valence-electron chi connectivity index (χ4n) is 3.54. The van der Waals surface area contributed by atoms with Gasteiger partial charge in [-0.2, -0.15) is 0 Å². The van der Waals surface area contributed by atoms with E-state index in [1.165, 1.54) is 22.4 Å². The SMILES string of the molecule is CC(C)[Si](Cl)(Nc1c(C(C)(C)C)cc(C(C)(C)C)cc1C(C)(C)C)C(C)C. The summed E-state index contributed by atoms with van der Waals surface area (Å²) in [6, 6.07) is 4.84. The molecule has 0 aliphatic rings. The first-order chi connectivity index (χ1) is 11.8. The van der Waals surface area contributed by atoms with Crippen molar-refractivity contribution in [3.05, 3.63) is 28.8 Å². The van der Waals surface area contributed by atoms with Crippen LogP contribution in [0.2, 0.25) is 11.1 Å². The van der Waals surface area contributed by atoms with Gasteiger partial charge in [0, 0.05) is 5.69 Å². The topological polar surface area (TPSA) is 12.0 Å². The first kappa shape index (κ1) is 24.6. The van der Waals surface area contributed by atoms with Crippen LogP contribution in [0.3, 0.4) is 0 Å². The lowest BCUT2D eigenvalue weighted by molar-refractivity contribution is 0.551. The van der Waals surface area contributed by atoms with Crippen molar-refractivity contribution >= 4 is 24.3 Å². The number of nitrogens with one attached hydrogen (secondary N) is 1. The molecule has 0 aliphatic carbocycles. The molecule has 1 aromatic carbocycles. The molecule has 0 atom stereocenters. The minimum atomic E-state index is -2.21. The quantitative estimate of drug-likeness (QED) is 0.388. The third-order valence-electron chi connectivity index (χ3n) is 5.62. The van der Waals surface area contributed by atoms with E-state index in [0.717, 1.165) is 0 Å². The maximum Gasteiger partial charge on any atom is 0.258 e. The molecule has 0 saturated carbocycles. The Morgan fingerprint density at radius 3 is 1.26 bits per heavy atom. The van der Waals surface area contributed by atoms with Crippen LogP contribution in [-0.4, -0.2) is 7.55 Å². The predicted molar refractivity (Wildman–Crippen MR) is 128 cm³/mol. The highest BCUT2D eigenvalue weighted by molar-refractivity contribution is 7.23. The summed E-state index contributed by atoms with van der Waals surface area (Å²) in [6.07, 6.45) is 0. The fourth-order valence-corrected chi connectivity index (χ4v) is 6.39. The largest absolute Gasteiger partial charge is 0.398 e. The molecule has 1 rings (SSSR count). The molecule has 1 nitrogen and oxygen atoms in total. The normalized spacial score (nSPS) is 14.2. The number of rotatable bonds is 4. The zero-order valence-corrected chi connectivity index (χ0v) is 21.9. The van der Waals surface area contributed by atoms with Gasteiger partial charge in [0.05, 0.1) is 0 Å². The molecule has 0 saturated heterocycles. The van der Waals surface area contributed by atoms with E-state index in [1.807, 2.05) is 0 Å². The highest BCUT2D eigenvalue weighted by atomic mass is 35.6. The monoisotopic (exact) mass is 409 g/mol. The van der Waals surface area contributed by atoms with Crippen LogP contribution in [0.25, 0.3) is 0 Å². The van der Waals surface area contributed by atoms with E-state index in [2.05, 4.69) is 107 Å². The van der Waals surface area contributed by atoms with Crippen molar-refractivity contribution in [3.63, 3.8) is 0 Å². The van der Waals surface area contributed by atoms with E-state index >= 15 is 0 Å². The Morgan fingerprint density at radius 2 is 1.04 bits per heavy atom. The molecule has 27 heavy (non-hydrogen) atoms. The van der Waals surface area contributed by atoms with Gasteiger partial charge < -0.3 is 4.98 Å². The van der Waals surface area contributed by atoms with Gasteiger partial charge in [0.2, 0.25) is 0 Å². The molecular formula is C24H44ClNSi. The van der Waals surface area contributed by atoms with Crippen LogP contribution in [0.15, 0.2) is 12.1 Å². The molecule has 3 heteroatoms. The first-order valence-electron chi connectivity index (χ1n) is 10.5. The molecule has 0 fully saturated rings. The summed E-state index contributed by atoms with van der Waals surface area (Å²) in [5.74, 6) is 0. The molecule has 0 aliphatic heterocycles. The van der Waals surface area contributed by atoms with Crippen molar-refractivity contribution in [2.45, 2.75) is 117 Å². The molecule has 0 heterocycles. The summed E-state index contributed by atoms with van der Waals surface area (Å²) in [6.45, 7) is 29.9. The molecular weight excluding hydrogens is 366 g/mol. The first-order valence-corrected chi connectivity index (χ1v) is 13.6. The van der Waals surface area contributed by atoms with Crippen molar-refractivity contribution in [1.82, 2.24) is 0 Å². The van der Waals surface area contributed by atoms with Gasteiger partial charge in [-0.3, -0.25) is 0 Å². The number of anilines is 1. The second-order valence-electron chi connectivity index (χ2n) is 11.9. The third kappa shape index (κ3) is 5.53. The zero-order chi connectivity index (χ0) is 21.6. The summed E-state index contributed by atoms with van der Waals surface area (Å²) < 4.78 is 0. The zero-order valence-electron chi connectivity index (χ0n) is 20.2. The molecule has 1 aromatic rings. The molecule has 1 N–H and O–H groups in total. The van der Waals surface area contributed by atoms with Crippen LogP contribution in [0.1, 0.15) is 107 Å². The van der Waals surface area contributed by atoms with Crippen LogP contribution >= 0.6 is 11.1 Å². The van der Waals surface area contributed by atoms with Crippen LogP contribution in [-0.2, 0) is 16.2 Å². The second-order valence-corrected chi connectivity index (χ2v) is 17.9. The average Bonchev–Trinajstić information content (AvgIpc) is 2.42. The van der Waals surface area contributed by atoms with Gasteiger partial charge in [0.15, 0.2) is 0 Å². The second kappa shape index (κ2) is 7.75. The van der Waals surface area contributed by atoms with E-state index in [9.17, 15) is 0 Å². The van der Waals surface area contributed by atoms with Crippen LogP contribution in [0.5, 0.6) is 0 Å². The van der Waals surface area contributed by atoms with E-state index in [0.29, 0.717) is 11.1 Å². The Morgan fingerprint density at radius 1 is 0.704 bits per heavy atom. The van der Waals surface area contributed by atoms with E-state index < -0.39 is 7.55 Å². The molecule has 156 valence electrons.